The van der Waals surface area contributed by atoms with Crippen LogP contribution in [0.1, 0.15) is 13.3 Å². The zero-order chi connectivity index (χ0) is 13.9. The second kappa shape index (κ2) is 5.69. The largest absolute Gasteiger partial charge is 0.468 e. The molecule has 102 valence electrons. The molecule has 0 spiro atoms. The lowest BCUT2D eigenvalue weighted by atomic mass is 10.1. The van der Waals surface area contributed by atoms with Crippen molar-refractivity contribution in [1.82, 2.24) is 4.90 Å². The Kier molecular flexibility index (Phi) is 4.73. The summed E-state index contributed by atoms with van der Waals surface area (Å²) in [5, 5.41) is 0. The first-order valence-corrected chi connectivity index (χ1v) is 10.1. The molecule has 0 aromatic heterocycles. The summed E-state index contributed by atoms with van der Waals surface area (Å²) in [5.41, 5.74) is 2.13. The van der Waals surface area contributed by atoms with Crippen LogP contribution in [-0.2, 0) is 14.3 Å². The van der Waals surface area contributed by atoms with Crippen molar-refractivity contribution in [2.45, 2.75) is 39.0 Å². The SMILES string of the molecule is CCC1=C(C[Si](C)(C)C)CN(CC(=O)OC)C1=O. The van der Waals surface area contributed by atoms with Gasteiger partial charge in [0.25, 0.3) is 5.91 Å². The molecule has 0 fully saturated rings. The Morgan fingerprint density at radius 3 is 2.44 bits per heavy atom. The summed E-state index contributed by atoms with van der Waals surface area (Å²) in [6.07, 6.45) is 0.746. The Bertz CT molecular complexity index is 382. The predicted molar refractivity (Wildman–Crippen MR) is 74.1 cm³/mol. The molecule has 0 saturated carbocycles. The van der Waals surface area contributed by atoms with Gasteiger partial charge < -0.3 is 9.64 Å². The van der Waals surface area contributed by atoms with Crippen molar-refractivity contribution in [1.29, 1.82) is 0 Å². The zero-order valence-corrected chi connectivity index (χ0v) is 13.0. The van der Waals surface area contributed by atoms with Gasteiger partial charge in [-0.25, -0.2) is 0 Å². The van der Waals surface area contributed by atoms with Crippen molar-refractivity contribution in [3.8, 4) is 0 Å². The zero-order valence-electron chi connectivity index (χ0n) is 12.0. The van der Waals surface area contributed by atoms with Gasteiger partial charge in [0, 0.05) is 20.2 Å². The Morgan fingerprint density at radius 2 is 2.00 bits per heavy atom. The van der Waals surface area contributed by atoms with Crippen LogP contribution in [-0.4, -0.2) is 45.0 Å². The number of esters is 1. The molecule has 0 saturated heterocycles. The molecule has 1 aliphatic rings. The van der Waals surface area contributed by atoms with Crippen LogP contribution in [0.2, 0.25) is 25.7 Å². The lowest BCUT2D eigenvalue weighted by Gasteiger charge is -2.18. The monoisotopic (exact) mass is 269 g/mol. The molecule has 1 amide bonds. The summed E-state index contributed by atoms with van der Waals surface area (Å²) in [5.74, 6) is -0.343. The molecular weight excluding hydrogens is 246 g/mol. The maximum atomic E-state index is 12.2. The maximum absolute atomic E-state index is 12.2. The van der Waals surface area contributed by atoms with Gasteiger partial charge in [0.05, 0.1) is 7.11 Å². The summed E-state index contributed by atoms with van der Waals surface area (Å²) in [6.45, 7) is 9.54. The van der Waals surface area contributed by atoms with E-state index in [2.05, 4.69) is 24.4 Å². The standard InChI is InChI=1S/C13H23NO3Si/c1-6-11-10(9-18(3,4)5)7-14(13(11)16)8-12(15)17-2/h6-9H2,1-5H3. The molecule has 0 aromatic carbocycles. The van der Waals surface area contributed by atoms with Gasteiger partial charge in [-0.3, -0.25) is 9.59 Å². The van der Waals surface area contributed by atoms with Crippen molar-refractivity contribution < 1.29 is 14.3 Å². The highest BCUT2D eigenvalue weighted by molar-refractivity contribution is 6.76. The first-order valence-electron chi connectivity index (χ1n) is 6.35. The van der Waals surface area contributed by atoms with Gasteiger partial charge in [-0.05, 0) is 18.0 Å². The Morgan fingerprint density at radius 1 is 1.39 bits per heavy atom. The first-order chi connectivity index (χ1) is 8.28. The van der Waals surface area contributed by atoms with Gasteiger partial charge in [-0.2, -0.15) is 0 Å². The van der Waals surface area contributed by atoms with Crippen LogP contribution >= 0.6 is 0 Å². The number of ether oxygens (including phenoxy) is 1. The summed E-state index contributed by atoms with van der Waals surface area (Å²) >= 11 is 0. The van der Waals surface area contributed by atoms with Gasteiger partial charge in [-0.15, -0.1) is 0 Å². The van der Waals surface area contributed by atoms with E-state index in [-0.39, 0.29) is 18.4 Å². The van der Waals surface area contributed by atoms with Crippen molar-refractivity contribution in [2.24, 2.45) is 0 Å². The van der Waals surface area contributed by atoms with E-state index >= 15 is 0 Å². The van der Waals surface area contributed by atoms with Crippen LogP contribution in [0.4, 0.5) is 0 Å². The molecule has 0 bridgehead atoms. The van der Waals surface area contributed by atoms with E-state index in [9.17, 15) is 9.59 Å². The normalized spacial score (nSPS) is 16.5. The third-order valence-corrected chi connectivity index (χ3v) is 4.49. The van der Waals surface area contributed by atoms with Gasteiger partial charge in [-0.1, -0.05) is 26.6 Å². The van der Waals surface area contributed by atoms with Crippen LogP contribution in [0.5, 0.6) is 0 Å². The molecule has 5 heteroatoms. The van der Waals surface area contributed by atoms with Gasteiger partial charge in [0.1, 0.15) is 6.54 Å². The van der Waals surface area contributed by atoms with Crippen LogP contribution in [0.15, 0.2) is 11.1 Å². The lowest BCUT2D eigenvalue weighted by Crippen LogP contribution is -2.33. The third-order valence-electron chi connectivity index (χ3n) is 3.00. The quantitative estimate of drug-likeness (QED) is 0.567. The lowest BCUT2D eigenvalue weighted by molar-refractivity contribution is -0.145. The Balaban J connectivity index is 2.81. The molecule has 0 N–H and O–H groups in total. The topological polar surface area (TPSA) is 46.6 Å². The molecule has 0 aromatic rings. The van der Waals surface area contributed by atoms with Crippen molar-refractivity contribution >= 4 is 20.0 Å². The van der Waals surface area contributed by atoms with Crippen LogP contribution < -0.4 is 0 Å². The average molecular weight is 269 g/mol. The van der Waals surface area contributed by atoms with Crippen LogP contribution in [0, 0.1) is 0 Å². The fourth-order valence-corrected chi connectivity index (χ4v) is 3.90. The van der Waals surface area contributed by atoms with E-state index < -0.39 is 8.07 Å². The fourth-order valence-electron chi connectivity index (χ4n) is 2.29. The molecule has 0 aliphatic carbocycles. The number of carbonyl (C=O) groups excluding carboxylic acids is 2. The molecule has 18 heavy (non-hydrogen) atoms. The number of carbonyl (C=O) groups is 2. The third kappa shape index (κ3) is 3.70. The summed E-state index contributed by atoms with van der Waals surface area (Å²) in [7, 11) is 0.107. The van der Waals surface area contributed by atoms with Gasteiger partial charge >= 0.3 is 5.97 Å². The number of rotatable bonds is 5. The Hall–Kier alpha value is -1.10. The van der Waals surface area contributed by atoms with E-state index in [1.165, 1.54) is 12.7 Å². The smallest absolute Gasteiger partial charge is 0.325 e. The summed E-state index contributed by atoms with van der Waals surface area (Å²) in [6, 6.07) is 1.03. The number of nitrogens with zero attached hydrogens (tertiary/aromatic N) is 1. The van der Waals surface area contributed by atoms with E-state index in [0.717, 1.165) is 18.0 Å². The highest BCUT2D eigenvalue weighted by Gasteiger charge is 2.32. The van der Waals surface area contributed by atoms with E-state index in [1.54, 1.807) is 4.90 Å². The van der Waals surface area contributed by atoms with Crippen molar-refractivity contribution in [2.75, 3.05) is 20.2 Å². The van der Waals surface area contributed by atoms with Gasteiger partial charge in [0.15, 0.2) is 0 Å². The molecule has 1 heterocycles. The van der Waals surface area contributed by atoms with Gasteiger partial charge in [0.2, 0.25) is 0 Å². The number of hydrogen-bond donors (Lipinski definition) is 0. The predicted octanol–water partition coefficient (Wildman–Crippen LogP) is 2.05. The minimum atomic E-state index is -1.24. The van der Waals surface area contributed by atoms with Crippen molar-refractivity contribution in [3.05, 3.63) is 11.1 Å². The minimum Gasteiger partial charge on any atom is -0.468 e. The molecular formula is C13H23NO3Si. The first kappa shape index (κ1) is 15.0. The van der Waals surface area contributed by atoms with Crippen LogP contribution in [0.25, 0.3) is 0 Å². The van der Waals surface area contributed by atoms with Crippen molar-refractivity contribution in [3.63, 3.8) is 0 Å². The second-order valence-corrected chi connectivity index (χ2v) is 11.4. The number of methoxy groups -OCH3 is 1. The summed E-state index contributed by atoms with van der Waals surface area (Å²) in [4.78, 5) is 25.0. The fraction of sp³-hybridized carbons (Fsp3) is 0.692. The number of hydrogen-bond acceptors (Lipinski definition) is 3. The average Bonchev–Trinajstić information content (AvgIpc) is 2.52. The highest BCUT2D eigenvalue weighted by Crippen LogP contribution is 2.28. The van der Waals surface area contributed by atoms with E-state index in [1.807, 2.05) is 6.92 Å². The molecule has 1 aliphatic heterocycles. The van der Waals surface area contributed by atoms with E-state index in [4.69, 9.17) is 0 Å². The molecule has 1 rings (SSSR count). The maximum Gasteiger partial charge on any atom is 0.325 e. The Labute approximate surface area is 110 Å². The van der Waals surface area contributed by atoms with E-state index in [0.29, 0.717) is 6.54 Å². The molecule has 4 nitrogen and oxygen atoms in total. The highest BCUT2D eigenvalue weighted by atomic mass is 28.3. The minimum absolute atomic E-state index is 0.0103. The molecule has 0 atom stereocenters. The number of amides is 1. The summed E-state index contributed by atoms with van der Waals surface area (Å²) < 4.78 is 4.62. The van der Waals surface area contributed by atoms with Crippen LogP contribution in [0.3, 0.4) is 0 Å². The molecule has 0 unspecified atom stereocenters. The second-order valence-electron chi connectivity index (χ2n) is 5.91. The molecule has 0 radical (unpaired) electrons.